The number of hydrogen-bond donors (Lipinski definition) is 1. The molecular formula is C13H18O2. The van der Waals surface area contributed by atoms with Gasteiger partial charge in [0.1, 0.15) is 5.75 Å². The molecule has 0 saturated heterocycles. The fourth-order valence-corrected chi connectivity index (χ4v) is 2.13. The molecule has 0 aromatic heterocycles. The Balaban J connectivity index is 2.21. The average molecular weight is 206 g/mol. The van der Waals surface area contributed by atoms with Crippen molar-refractivity contribution in [1.82, 2.24) is 0 Å². The van der Waals surface area contributed by atoms with Gasteiger partial charge in [0, 0.05) is 6.61 Å². The second-order valence-electron chi connectivity index (χ2n) is 4.19. The van der Waals surface area contributed by atoms with Crippen molar-refractivity contribution < 1.29 is 9.84 Å². The number of fused-ring (bicyclic) bond motifs is 1. The molecule has 0 aliphatic carbocycles. The third-order valence-electron chi connectivity index (χ3n) is 2.96. The lowest BCUT2D eigenvalue weighted by atomic mass is 9.95. The molecule has 1 aliphatic heterocycles. The van der Waals surface area contributed by atoms with Crippen molar-refractivity contribution in [2.45, 2.75) is 38.7 Å². The molecule has 0 amide bonds. The molecule has 1 aromatic rings. The van der Waals surface area contributed by atoms with Crippen LogP contribution in [0.4, 0.5) is 0 Å². The molecule has 1 aliphatic rings. The lowest BCUT2D eigenvalue weighted by molar-refractivity contribution is 0.192. The summed E-state index contributed by atoms with van der Waals surface area (Å²) in [5.41, 5.74) is 2.69. The molecule has 0 radical (unpaired) electrons. The van der Waals surface area contributed by atoms with E-state index in [1.807, 2.05) is 12.1 Å². The third kappa shape index (κ3) is 2.32. The van der Waals surface area contributed by atoms with E-state index >= 15 is 0 Å². The smallest absolute Gasteiger partial charge is 0.123 e. The van der Waals surface area contributed by atoms with E-state index in [4.69, 9.17) is 9.84 Å². The van der Waals surface area contributed by atoms with Gasteiger partial charge in [0.25, 0.3) is 0 Å². The first-order valence-corrected chi connectivity index (χ1v) is 5.69. The van der Waals surface area contributed by atoms with Gasteiger partial charge < -0.3 is 9.84 Å². The van der Waals surface area contributed by atoms with Gasteiger partial charge in [-0.3, -0.25) is 0 Å². The number of aliphatic hydroxyl groups excluding tert-OH is 1. The minimum absolute atomic E-state index is 0.265. The highest BCUT2D eigenvalue weighted by Crippen LogP contribution is 2.30. The van der Waals surface area contributed by atoms with Crippen LogP contribution in [-0.4, -0.2) is 17.8 Å². The first kappa shape index (κ1) is 10.5. The molecule has 0 saturated carbocycles. The largest absolute Gasteiger partial charge is 0.490 e. The third-order valence-corrected chi connectivity index (χ3v) is 2.96. The van der Waals surface area contributed by atoms with Gasteiger partial charge in [-0.05, 0) is 49.8 Å². The fraction of sp³-hybridized carbons (Fsp3) is 0.538. The molecule has 2 nitrogen and oxygen atoms in total. The predicted molar refractivity (Wildman–Crippen MR) is 60.3 cm³/mol. The maximum Gasteiger partial charge on any atom is 0.123 e. The first-order chi connectivity index (χ1) is 7.31. The number of benzene rings is 1. The van der Waals surface area contributed by atoms with Gasteiger partial charge in [-0.25, -0.2) is 0 Å². The van der Waals surface area contributed by atoms with Crippen molar-refractivity contribution in [1.29, 1.82) is 0 Å². The molecule has 1 atom stereocenters. The Bertz CT molecular complexity index is 333. The highest BCUT2D eigenvalue weighted by molar-refractivity contribution is 5.41. The molecule has 82 valence electrons. The van der Waals surface area contributed by atoms with Crippen molar-refractivity contribution in [3.63, 3.8) is 0 Å². The van der Waals surface area contributed by atoms with E-state index in [1.54, 1.807) is 0 Å². The summed E-state index contributed by atoms with van der Waals surface area (Å²) in [4.78, 5) is 0. The van der Waals surface area contributed by atoms with Crippen LogP contribution < -0.4 is 4.74 Å². The summed E-state index contributed by atoms with van der Waals surface area (Å²) in [5.74, 6) is 1.05. The molecule has 0 bridgehead atoms. The molecule has 1 heterocycles. The Morgan fingerprint density at radius 2 is 2.33 bits per heavy atom. The summed E-state index contributed by atoms with van der Waals surface area (Å²) in [7, 11) is 0. The summed E-state index contributed by atoms with van der Waals surface area (Å²) in [5, 5.41) is 8.84. The van der Waals surface area contributed by atoms with E-state index in [1.165, 1.54) is 11.1 Å². The van der Waals surface area contributed by atoms with Crippen molar-refractivity contribution >= 4 is 0 Å². The van der Waals surface area contributed by atoms with Crippen LogP contribution in [0.3, 0.4) is 0 Å². The summed E-state index contributed by atoms with van der Waals surface area (Å²) in [6.07, 6.45) is 4.34. The maximum atomic E-state index is 8.84. The zero-order valence-electron chi connectivity index (χ0n) is 9.20. The Morgan fingerprint density at radius 3 is 3.13 bits per heavy atom. The quantitative estimate of drug-likeness (QED) is 0.822. The highest BCUT2D eigenvalue weighted by Gasteiger charge is 2.17. The second kappa shape index (κ2) is 4.67. The molecular weight excluding hydrogens is 188 g/mol. The van der Waals surface area contributed by atoms with Crippen molar-refractivity contribution in [3.05, 3.63) is 29.3 Å². The topological polar surface area (TPSA) is 29.5 Å². The predicted octanol–water partition coefficient (Wildman–Crippen LogP) is 2.33. The number of rotatable bonds is 3. The van der Waals surface area contributed by atoms with Crippen LogP contribution in [0.5, 0.6) is 5.75 Å². The molecule has 1 unspecified atom stereocenters. The van der Waals surface area contributed by atoms with E-state index in [0.717, 1.165) is 31.4 Å². The first-order valence-electron chi connectivity index (χ1n) is 5.69. The minimum Gasteiger partial charge on any atom is -0.490 e. The lowest BCUT2D eigenvalue weighted by Crippen LogP contribution is -2.19. The zero-order chi connectivity index (χ0) is 10.7. The van der Waals surface area contributed by atoms with E-state index in [0.29, 0.717) is 6.10 Å². The van der Waals surface area contributed by atoms with Crippen molar-refractivity contribution in [3.8, 4) is 5.75 Å². The van der Waals surface area contributed by atoms with Gasteiger partial charge in [-0.2, -0.15) is 0 Å². The molecule has 15 heavy (non-hydrogen) atoms. The van der Waals surface area contributed by atoms with Crippen LogP contribution in [-0.2, 0) is 12.8 Å². The van der Waals surface area contributed by atoms with E-state index in [-0.39, 0.29) is 6.61 Å². The van der Waals surface area contributed by atoms with Crippen LogP contribution in [0.15, 0.2) is 18.2 Å². The molecule has 0 fully saturated rings. The molecule has 1 N–H and O–H groups in total. The highest BCUT2D eigenvalue weighted by atomic mass is 16.5. The SMILES string of the molecule is CC1CCc2c(CCCO)cccc2O1. The molecule has 2 heteroatoms. The standard InChI is InChI=1S/C13H18O2/c1-10-7-8-12-11(5-3-9-14)4-2-6-13(12)15-10/h2,4,6,10,14H,3,5,7-9H2,1H3. The molecule has 1 aromatic carbocycles. The number of aryl methyl sites for hydroxylation is 1. The van der Waals surface area contributed by atoms with Crippen LogP contribution in [0.2, 0.25) is 0 Å². The number of ether oxygens (including phenoxy) is 1. The van der Waals surface area contributed by atoms with Crippen molar-refractivity contribution in [2.24, 2.45) is 0 Å². The van der Waals surface area contributed by atoms with Gasteiger partial charge in [0.05, 0.1) is 6.10 Å². The molecule has 0 spiro atoms. The van der Waals surface area contributed by atoms with Crippen LogP contribution in [0, 0.1) is 0 Å². The van der Waals surface area contributed by atoms with Gasteiger partial charge >= 0.3 is 0 Å². The Hall–Kier alpha value is -1.02. The second-order valence-corrected chi connectivity index (χ2v) is 4.19. The maximum absolute atomic E-state index is 8.84. The summed E-state index contributed by atoms with van der Waals surface area (Å²) < 4.78 is 5.79. The van der Waals surface area contributed by atoms with E-state index < -0.39 is 0 Å². The van der Waals surface area contributed by atoms with Gasteiger partial charge in [0.15, 0.2) is 0 Å². The van der Waals surface area contributed by atoms with E-state index in [9.17, 15) is 0 Å². The number of hydrogen-bond acceptors (Lipinski definition) is 2. The van der Waals surface area contributed by atoms with Crippen LogP contribution in [0.1, 0.15) is 30.9 Å². The summed E-state index contributed by atoms with van der Waals surface area (Å²) in [6.45, 7) is 2.38. The average Bonchev–Trinajstić information content (AvgIpc) is 2.25. The lowest BCUT2D eigenvalue weighted by Gasteiger charge is -2.25. The Morgan fingerprint density at radius 1 is 1.47 bits per heavy atom. The summed E-state index contributed by atoms with van der Waals surface area (Å²) in [6, 6.07) is 6.24. The molecule has 2 rings (SSSR count). The van der Waals surface area contributed by atoms with Gasteiger partial charge in [-0.1, -0.05) is 12.1 Å². The normalized spacial score (nSPS) is 19.5. The van der Waals surface area contributed by atoms with Crippen LogP contribution in [0.25, 0.3) is 0 Å². The Kier molecular flexibility index (Phi) is 3.27. The van der Waals surface area contributed by atoms with Gasteiger partial charge in [-0.15, -0.1) is 0 Å². The summed E-state index contributed by atoms with van der Waals surface area (Å²) >= 11 is 0. The zero-order valence-corrected chi connectivity index (χ0v) is 9.20. The minimum atomic E-state index is 0.265. The van der Waals surface area contributed by atoms with Gasteiger partial charge in [0.2, 0.25) is 0 Å². The fourth-order valence-electron chi connectivity index (χ4n) is 2.13. The van der Waals surface area contributed by atoms with Crippen LogP contribution >= 0.6 is 0 Å². The van der Waals surface area contributed by atoms with E-state index in [2.05, 4.69) is 13.0 Å². The van der Waals surface area contributed by atoms with Crippen molar-refractivity contribution in [2.75, 3.05) is 6.61 Å². The monoisotopic (exact) mass is 206 g/mol. The Labute approximate surface area is 90.9 Å². The number of aliphatic hydroxyl groups is 1.